The molecule has 0 amide bonds. The summed E-state index contributed by atoms with van der Waals surface area (Å²) in [5.41, 5.74) is -1.18. The van der Waals surface area contributed by atoms with Gasteiger partial charge in [0, 0.05) is 6.42 Å². The van der Waals surface area contributed by atoms with Gasteiger partial charge in [-0.05, 0) is 18.8 Å². The molecule has 0 aliphatic carbocycles. The molecule has 1 rings (SSSR count). The third kappa shape index (κ3) is 1.97. The second-order valence-corrected chi connectivity index (χ2v) is 3.85. The molecule has 3 heteroatoms. The number of hydrogen-bond acceptors (Lipinski definition) is 3. The Labute approximate surface area is 72.7 Å². The van der Waals surface area contributed by atoms with E-state index in [2.05, 4.69) is 13.8 Å². The largest absolute Gasteiger partial charge is 0.463 e. The summed E-state index contributed by atoms with van der Waals surface area (Å²) in [6, 6.07) is 0. The fraction of sp³-hybridized carbons (Fsp3) is 0.889. The highest BCUT2D eigenvalue weighted by atomic mass is 16.6. The molecule has 0 aromatic carbocycles. The summed E-state index contributed by atoms with van der Waals surface area (Å²) < 4.78 is 4.71. The Balaban J connectivity index is 2.43. The average Bonchev–Trinajstić information content (AvgIpc) is 2.30. The van der Waals surface area contributed by atoms with Crippen LogP contribution in [0.2, 0.25) is 0 Å². The minimum Gasteiger partial charge on any atom is -0.463 e. The van der Waals surface area contributed by atoms with Gasteiger partial charge in [0.25, 0.3) is 0 Å². The number of ether oxygens (including phenoxy) is 1. The molecule has 1 aliphatic rings. The highest BCUT2D eigenvalue weighted by Crippen LogP contribution is 2.26. The summed E-state index contributed by atoms with van der Waals surface area (Å²) in [4.78, 5) is 11.0. The van der Waals surface area contributed by atoms with Gasteiger partial charge < -0.3 is 9.84 Å². The molecule has 3 nitrogen and oxygen atoms in total. The number of carbonyl (C=O) groups is 1. The molecular formula is C9H16O3. The number of esters is 1. The molecular weight excluding hydrogens is 156 g/mol. The molecule has 12 heavy (non-hydrogen) atoms. The van der Waals surface area contributed by atoms with Crippen LogP contribution in [0.4, 0.5) is 0 Å². The number of aliphatic hydroxyl groups is 1. The highest BCUT2D eigenvalue weighted by molar-refractivity contribution is 5.80. The van der Waals surface area contributed by atoms with Gasteiger partial charge in [-0.3, -0.25) is 0 Å². The molecule has 0 aromatic rings. The number of hydrogen-bond donors (Lipinski definition) is 1. The van der Waals surface area contributed by atoms with Gasteiger partial charge >= 0.3 is 5.97 Å². The molecule has 0 saturated carbocycles. The molecule has 1 heterocycles. The van der Waals surface area contributed by atoms with Crippen molar-refractivity contribution < 1.29 is 14.6 Å². The van der Waals surface area contributed by atoms with E-state index in [1.807, 2.05) is 0 Å². The highest BCUT2D eigenvalue weighted by Gasteiger charge is 2.41. The first kappa shape index (κ1) is 9.52. The molecule has 0 unspecified atom stereocenters. The Bertz CT molecular complexity index is 177. The summed E-state index contributed by atoms with van der Waals surface area (Å²) in [5.74, 6) is 0.0746. The summed E-state index contributed by atoms with van der Waals surface area (Å²) in [7, 11) is 0. The minimum atomic E-state index is -1.18. The zero-order chi connectivity index (χ0) is 9.19. The van der Waals surface area contributed by atoms with E-state index < -0.39 is 11.6 Å². The van der Waals surface area contributed by atoms with Crippen LogP contribution in [0.15, 0.2) is 0 Å². The lowest BCUT2D eigenvalue weighted by atomic mass is 9.92. The molecule has 1 N–H and O–H groups in total. The van der Waals surface area contributed by atoms with Gasteiger partial charge in [0.05, 0.1) is 6.61 Å². The van der Waals surface area contributed by atoms with Crippen molar-refractivity contribution >= 4 is 5.97 Å². The van der Waals surface area contributed by atoms with Crippen molar-refractivity contribution in [1.82, 2.24) is 0 Å². The predicted molar refractivity (Wildman–Crippen MR) is 44.6 cm³/mol. The van der Waals surface area contributed by atoms with E-state index in [-0.39, 0.29) is 0 Å². The van der Waals surface area contributed by atoms with E-state index in [1.54, 1.807) is 0 Å². The Morgan fingerprint density at radius 3 is 2.75 bits per heavy atom. The van der Waals surface area contributed by atoms with Crippen molar-refractivity contribution in [3.05, 3.63) is 0 Å². The van der Waals surface area contributed by atoms with Crippen LogP contribution in [0, 0.1) is 5.92 Å². The lowest BCUT2D eigenvalue weighted by Gasteiger charge is -2.18. The quantitative estimate of drug-likeness (QED) is 0.648. The monoisotopic (exact) mass is 172 g/mol. The van der Waals surface area contributed by atoms with Crippen molar-refractivity contribution in [3.8, 4) is 0 Å². The van der Waals surface area contributed by atoms with Gasteiger partial charge in [-0.1, -0.05) is 13.8 Å². The van der Waals surface area contributed by atoms with Crippen LogP contribution in [0.3, 0.4) is 0 Å². The molecule has 0 bridgehead atoms. The fourth-order valence-electron chi connectivity index (χ4n) is 1.30. The molecule has 70 valence electrons. The van der Waals surface area contributed by atoms with Crippen molar-refractivity contribution in [2.45, 2.75) is 38.7 Å². The van der Waals surface area contributed by atoms with Gasteiger partial charge in [-0.2, -0.15) is 0 Å². The van der Waals surface area contributed by atoms with Crippen LogP contribution >= 0.6 is 0 Å². The number of carbonyl (C=O) groups excluding carboxylic acids is 1. The smallest absolute Gasteiger partial charge is 0.338 e. The second-order valence-electron chi connectivity index (χ2n) is 3.85. The van der Waals surface area contributed by atoms with E-state index in [0.29, 0.717) is 25.4 Å². The van der Waals surface area contributed by atoms with E-state index in [4.69, 9.17) is 4.74 Å². The Morgan fingerprint density at radius 2 is 2.33 bits per heavy atom. The summed E-state index contributed by atoms with van der Waals surface area (Å²) in [6.45, 7) is 4.51. The van der Waals surface area contributed by atoms with E-state index in [9.17, 15) is 9.90 Å². The van der Waals surface area contributed by atoms with Crippen molar-refractivity contribution in [3.63, 3.8) is 0 Å². The zero-order valence-electron chi connectivity index (χ0n) is 7.67. The third-order valence-electron chi connectivity index (χ3n) is 2.26. The van der Waals surface area contributed by atoms with Gasteiger partial charge in [0.15, 0.2) is 5.60 Å². The van der Waals surface area contributed by atoms with E-state index in [0.717, 1.165) is 6.42 Å². The van der Waals surface area contributed by atoms with Crippen LogP contribution in [-0.4, -0.2) is 23.3 Å². The Hall–Kier alpha value is -0.570. The third-order valence-corrected chi connectivity index (χ3v) is 2.26. The minimum absolute atomic E-state index is 0.368. The standard InChI is InChI=1S/C9H16O3/c1-7(2)3-4-9(11)5-6-12-8(9)10/h7,11H,3-6H2,1-2H3/t9-/m1/s1. The lowest BCUT2D eigenvalue weighted by molar-refractivity contribution is -0.153. The van der Waals surface area contributed by atoms with Gasteiger partial charge in [-0.15, -0.1) is 0 Å². The molecule has 1 saturated heterocycles. The van der Waals surface area contributed by atoms with Gasteiger partial charge in [0.1, 0.15) is 0 Å². The maximum absolute atomic E-state index is 11.0. The lowest BCUT2D eigenvalue weighted by Crippen LogP contribution is -2.34. The molecule has 1 atom stereocenters. The van der Waals surface area contributed by atoms with Crippen LogP contribution in [0.5, 0.6) is 0 Å². The normalized spacial score (nSPS) is 29.5. The van der Waals surface area contributed by atoms with Gasteiger partial charge in [0.2, 0.25) is 0 Å². The topological polar surface area (TPSA) is 46.5 Å². The van der Waals surface area contributed by atoms with Crippen molar-refractivity contribution in [2.24, 2.45) is 5.92 Å². The Kier molecular flexibility index (Phi) is 2.73. The first-order chi connectivity index (χ1) is 5.54. The number of cyclic esters (lactones) is 1. The molecule has 0 aromatic heterocycles. The molecule has 0 spiro atoms. The first-order valence-electron chi connectivity index (χ1n) is 4.44. The van der Waals surface area contributed by atoms with Crippen LogP contribution in [0.25, 0.3) is 0 Å². The average molecular weight is 172 g/mol. The summed E-state index contributed by atoms with van der Waals surface area (Å²) >= 11 is 0. The van der Waals surface area contributed by atoms with Gasteiger partial charge in [-0.25, -0.2) is 4.79 Å². The van der Waals surface area contributed by atoms with Crippen LogP contribution in [0.1, 0.15) is 33.1 Å². The Morgan fingerprint density at radius 1 is 1.67 bits per heavy atom. The van der Waals surface area contributed by atoms with Crippen molar-refractivity contribution in [2.75, 3.05) is 6.61 Å². The molecule has 0 radical (unpaired) electrons. The first-order valence-corrected chi connectivity index (χ1v) is 4.44. The fourth-order valence-corrected chi connectivity index (χ4v) is 1.30. The van der Waals surface area contributed by atoms with Crippen LogP contribution < -0.4 is 0 Å². The predicted octanol–water partition coefficient (Wildman–Crippen LogP) is 1.10. The maximum atomic E-state index is 11.0. The second kappa shape index (κ2) is 3.44. The van der Waals surface area contributed by atoms with Crippen molar-refractivity contribution in [1.29, 1.82) is 0 Å². The van der Waals surface area contributed by atoms with Crippen LogP contribution in [-0.2, 0) is 9.53 Å². The zero-order valence-corrected chi connectivity index (χ0v) is 7.67. The molecule has 1 aliphatic heterocycles. The maximum Gasteiger partial charge on any atom is 0.338 e. The van der Waals surface area contributed by atoms with E-state index >= 15 is 0 Å². The molecule has 1 fully saturated rings. The SMILES string of the molecule is CC(C)CC[C@@]1(O)CCOC1=O. The summed E-state index contributed by atoms with van der Waals surface area (Å²) in [6.07, 6.45) is 1.85. The summed E-state index contributed by atoms with van der Waals surface area (Å²) in [5, 5.41) is 9.73. The number of rotatable bonds is 3. The van der Waals surface area contributed by atoms with E-state index in [1.165, 1.54) is 0 Å².